The van der Waals surface area contributed by atoms with Crippen molar-refractivity contribution in [1.29, 1.82) is 0 Å². The van der Waals surface area contributed by atoms with E-state index in [2.05, 4.69) is 210 Å². The first-order valence-electron chi connectivity index (χ1n) is 19.9. The second-order valence-corrected chi connectivity index (χ2v) is 16.9. The molecule has 0 bridgehead atoms. The molecule has 0 amide bonds. The lowest BCUT2D eigenvalue weighted by Gasteiger charge is -2.32. The van der Waals surface area contributed by atoms with Gasteiger partial charge in [0.2, 0.25) is 0 Å². The monoisotopic (exact) mass is 714 g/mol. The van der Waals surface area contributed by atoms with Crippen LogP contribution < -0.4 is 0 Å². The molecule has 0 saturated carbocycles. The molecule has 0 radical (unpaired) electrons. The predicted molar refractivity (Wildman–Crippen MR) is 238 cm³/mol. The van der Waals surface area contributed by atoms with Gasteiger partial charge in [0, 0.05) is 10.8 Å². The maximum absolute atomic E-state index is 2.48. The van der Waals surface area contributed by atoms with Gasteiger partial charge < -0.3 is 0 Å². The van der Waals surface area contributed by atoms with E-state index in [0.29, 0.717) is 0 Å². The van der Waals surface area contributed by atoms with Crippen LogP contribution in [0.4, 0.5) is 0 Å². The van der Waals surface area contributed by atoms with Crippen LogP contribution in [0.25, 0.3) is 88.3 Å². The van der Waals surface area contributed by atoms with Gasteiger partial charge in [0.15, 0.2) is 0 Å². The van der Waals surface area contributed by atoms with E-state index in [1.165, 1.54) is 111 Å². The van der Waals surface area contributed by atoms with Crippen molar-refractivity contribution >= 4 is 21.5 Å². The van der Waals surface area contributed by atoms with Crippen molar-refractivity contribution in [2.75, 3.05) is 0 Å². The van der Waals surface area contributed by atoms with E-state index in [-0.39, 0.29) is 10.8 Å². The molecular formula is C56H42. The quantitative estimate of drug-likeness (QED) is 0.170. The highest BCUT2D eigenvalue weighted by Crippen LogP contribution is 2.65. The Kier molecular flexibility index (Phi) is 7.05. The van der Waals surface area contributed by atoms with Crippen LogP contribution in [0.5, 0.6) is 0 Å². The van der Waals surface area contributed by atoms with Crippen molar-refractivity contribution in [3.8, 4) is 66.8 Å². The van der Waals surface area contributed by atoms with Gasteiger partial charge in [0.05, 0.1) is 0 Å². The summed E-state index contributed by atoms with van der Waals surface area (Å²) in [5.74, 6) is 0. The Balaban J connectivity index is 1.31. The average Bonchev–Trinajstić information content (AvgIpc) is 3.62. The molecule has 9 aromatic carbocycles. The summed E-state index contributed by atoms with van der Waals surface area (Å²) in [5.41, 5.74) is 20.8. The first kappa shape index (κ1) is 32.9. The van der Waals surface area contributed by atoms with Gasteiger partial charge in [-0.2, -0.15) is 0 Å². The zero-order valence-electron chi connectivity index (χ0n) is 32.3. The Morgan fingerprint density at radius 1 is 0.268 bits per heavy atom. The highest BCUT2D eigenvalue weighted by atomic mass is 14.5. The lowest BCUT2D eigenvalue weighted by Crippen LogP contribution is -2.22. The molecule has 0 fully saturated rings. The molecule has 0 aliphatic heterocycles. The van der Waals surface area contributed by atoms with E-state index < -0.39 is 0 Å². The van der Waals surface area contributed by atoms with Crippen LogP contribution in [0, 0.1) is 0 Å². The molecule has 266 valence electrons. The summed E-state index contributed by atoms with van der Waals surface area (Å²) in [4.78, 5) is 0. The minimum atomic E-state index is -0.281. The third kappa shape index (κ3) is 4.72. The number of rotatable bonds is 4. The topological polar surface area (TPSA) is 0 Å². The van der Waals surface area contributed by atoms with E-state index >= 15 is 0 Å². The molecule has 0 heterocycles. The predicted octanol–water partition coefficient (Wildman–Crippen LogP) is 15.3. The third-order valence-electron chi connectivity index (χ3n) is 13.0. The van der Waals surface area contributed by atoms with E-state index in [9.17, 15) is 0 Å². The van der Waals surface area contributed by atoms with Crippen molar-refractivity contribution in [2.24, 2.45) is 0 Å². The first-order chi connectivity index (χ1) is 27.3. The summed E-state index contributed by atoms with van der Waals surface area (Å²) in [6.45, 7) is 9.87. The fourth-order valence-electron chi connectivity index (χ4n) is 10.3. The van der Waals surface area contributed by atoms with Crippen molar-refractivity contribution in [3.05, 3.63) is 204 Å². The molecule has 9 aromatic rings. The number of fused-ring (bicyclic) bond motifs is 8. The maximum Gasteiger partial charge on any atom is 0.0165 e. The number of hydrogen-bond donors (Lipinski definition) is 0. The largest absolute Gasteiger partial charge is 0.0622 e. The van der Waals surface area contributed by atoms with Crippen LogP contribution >= 0.6 is 0 Å². The molecule has 0 spiro atoms. The lowest BCUT2D eigenvalue weighted by atomic mass is 9.70. The van der Waals surface area contributed by atoms with Crippen LogP contribution in [0.15, 0.2) is 182 Å². The Labute approximate surface area is 329 Å². The Morgan fingerprint density at radius 3 is 1.09 bits per heavy atom. The van der Waals surface area contributed by atoms with Crippen LogP contribution in [0.2, 0.25) is 0 Å². The number of hydrogen-bond acceptors (Lipinski definition) is 0. The molecule has 0 N–H and O–H groups in total. The molecule has 2 aliphatic carbocycles. The van der Waals surface area contributed by atoms with Crippen molar-refractivity contribution in [3.63, 3.8) is 0 Å². The average molecular weight is 715 g/mol. The molecule has 0 unspecified atom stereocenters. The normalized spacial score (nSPS) is 14.4. The maximum atomic E-state index is 2.48. The van der Waals surface area contributed by atoms with Gasteiger partial charge in [-0.3, -0.25) is 0 Å². The van der Waals surface area contributed by atoms with Crippen LogP contribution in [0.1, 0.15) is 49.9 Å². The summed E-state index contributed by atoms with van der Waals surface area (Å²) in [5, 5.41) is 5.06. The Bertz CT molecular complexity index is 2920. The lowest BCUT2D eigenvalue weighted by molar-refractivity contribution is 0.643. The van der Waals surface area contributed by atoms with Crippen LogP contribution in [-0.2, 0) is 10.8 Å². The molecule has 11 rings (SSSR count). The molecule has 56 heavy (non-hydrogen) atoms. The molecule has 0 saturated heterocycles. The van der Waals surface area contributed by atoms with Crippen molar-refractivity contribution in [1.82, 2.24) is 0 Å². The van der Waals surface area contributed by atoms with Gasteiger partial charge in [-0.1, -0.05) is 185 Å². The highest BCUT2D eigenvalue weighted by Gasteiger charge is 2.48. The molecule has 0 atom stereocenters. The van der Waals surface area contributed by atoms with Crippen LogP contribution in [0.3, 0.4) is 0 Å². The Morgan fingerprint density at radius 2 is 0.643 bits per heavy atom. The molecule has 2 aliphatic rings. The summed E-state index contributed by atoms with van der Waals surface area (Å²) in [7, 11) is 0. The van der Waals surface area contributed by atoms with Gasteiger partial charge in [0.25, 0.3) is 0 Å². The minimum absolute atomic E-state index is 0.281. The zero-order valence-corrected chi connectivity index (χ0v) is 32.3. The summed E-state index contributed by atoms with van der Waals surface area (Å²) >= 11 is 0. The number of benzene rings is 9. The smallest absolute Gasteiger partial charge is 0.0165 e. The van der Waals surface area contributed by atoms with E-state index in [4.69, 9.17) is 0 Å². The SMILES string of the molecule is CC1(C)c2cc(-c3ccccc3)ccc2-c2c(-c3ccc4ccccc4c3)c3c(c(-c4ccc5ccccc5c4)c21)C(C)(C)c1cc(-c2ccccc2)ccc1-3. The summed E-state index contributed by atoms with van der Waals surface area (Å²) in [6.07, 6.45) is 0. The van der Waals surface area contributed by atoms with E-state index in [1.807, 2.05) is 0 Å². The van der Waals surface area contributed by atoms with Crippen LogP contribution in [-0.4, -0.2) is 0 Å². The van der Waals surface area contributed by atoms with Crippen molar-refractivity contribution < 1.29 is 0 Å². The first-order valence-corrected chi connectivity index (χ1v) is 19.9. The highest BCUT2D eigenvalue weighted by molar-refractivity contribution is 6.10. The van der Waals surface area contributed by atoms with Gasteiger partial charge in [0.1, 0.15) is 0 Å². The molecular weight excluding hydrogens is 673 g/mol. The summed E-state index contributed by atoms with van der Waals surface area (Å²) < 4.78 is 0. The fourth-order valence-corrected chi connectivity index (χ4v) is 10.3. The second kappa shape index (κ2) is 12.0. The van der Waals surface area contributed by atoms with Gasteiger partial charge in [-0.15, -0.1) is 0 Å². The second-order valence-electron chi connectivity index (χ2n) is 16.9. The van der Waals surface area contributed by atoms with Crippen molar-refractivity contribution in [2.45, 2.75) is 38.5 Å². The standard InChI is InChI=1S/C56H42/c1-55(2)47-33-41(35-15-7-5-8-16-35)27-29-45(47)51-49(43-25-23-37-19-11-13-21-39(37)31-43)52-46-30-28-42(36-17-9-6-10-18-36)34-48(46)56(3,4)54(52)50(53(51)55)44-26-24-38-20-12-14-22-40(38)32-44/h5-34H,1-4H3. The van der Waals surface area contributed by atoms with Gasteiger partial charge in [-0.25, -0.2) is 0 Å². The fraction of sp³-hybridized carbons (Fsp3) is 0.107. The Hall–Kier alpha value is -6.50. The van der Waals surface area contributed by atoms with Gasteiger partial charge >= 0.3 is 0 Å². The van der Waals surface area contributed by atoms with E-state index in [0.717, 1.165) is 0 Å². The third-order valence-corrected chi connectivity index (χ3v) is 13.0. The minimum Gasteiger partial charge on any atom is -0.0622 e. The van der Waals surface area contributed by atoms with E-state index in [1.54, 1.807) is 0 Å². The molecule has 0 nitrogen and oxygen atoms in total. The molecule has 0 heteroatoms. The van der Waals surface area contributed by atoms with Gasteiger partial charge in [-0.05, 0) is 135 Å². The summed E-state index contributed by atoms with van der Waals surface area (Å²) in [6, 6.07) is 68.1. The zero-order chi connectivity index (χ0) is 37.8. The molecule has 0 aromatic heterocycles.